The fraction of sp³-hybridized carbons (Fsp3) is 1.00. The van der Waals surface area contributed by atoms with Crippen LogP contribution >= 0.6 is 0 Å². The lowest BCUT2D eigenvalue weighted by molar-refractivity contribution is 0.133. The molecule has 0 aliphatic rings. The van der Waals surface area contributed by atoms with Gasteiger partial charge in [-0.05, 0) is 6.42 Å². The van der Waals surface area contributed by atoms with E-state index in [4.69, 9.17) is 5.90 Å². The third-order valence-electron chi connectivity index (χ3n) is 2.87. The second kappa shape index (κ2) is 13.9. The molecular formula is C13H29NO. The minimum Gasteiger partial charge on any atom is -0.305 e. The van der Waals surface area contributed by atoms with Crippen LogP contribution in [0.15, 0.2) is 0 Å². The maximum Gasteiger partial charge on any atom is 0.0679 e. The molecule has 0 atom stereocenters. The molecular weight excluding hydrogens is 186 g/mol. The summed E-state index contributed by atoms with van der Waals surface area (Å²) in [6, 6.07) is 0. The summed E-state index contributed by atoms with van der Waals surface area (Å²) in [6.07, 6.45) is 15.0. The average Bonchev–Trinajstić information content (AvgIpc) is 2.26. The van der Waals surface area contributed by atoms with Gasteiger partial charge in [0.15, 0.2) is 0 Å². The van der Waals surface area contributed by atoms with Crippen LogP contribution in [-0.2, 0) is 4.84 Å². The Hall–Kier alpha value is -0.0800. The van der Waals surface area contributed by atoms with E-state index in [2.05, 4.69) is 11.8 Å². The van der Waals surface area contributed by atoms with Crippen molar-refractivity contribution in [3.8, 4) is 0 Å². The molecule has 0 aliphatic heterocycles. The lowest BCUT2D eigenvalue weighted by Gasteiger charge is -2.01. The maximum atomic E-state index is 4.95. The molecule has 0 aliphatic carbocycles. The molecule has 0 aromatic rings. The lowest BCUT2D eigenvalue weighted by Crippen LogP contribution is -2.00. The Kier molecular flexibility index (Phi) is 13.8. The standard InChI is InChI=1S/C13H29NO/c1-2-3-4-5-6-7-8-9-10-11-12-13-15-14/h2-14H2,1H3. The smallest absolute Gasteiger partial charge is 0.0679 e. The highest BCUT2D eigenvalue weighted by molar-refractivity contribution is 4.47. The molecule has 15 heavy (non-hydrogen) atoms. The van der Waals surface area contributed by atoms with Gasteiger partial charge in [0.25, 0.3) is 0 Å². The largest absolute Gasteiger partial charge is 0.305 e. The lowest BCUT2D eigenvalue weighted by atomic mass is 10.1. The highest BCUT2D eigenvalue weighted by Crippen LogP contribution is 2.10. The van der Waals surface area contributed by atoms with E-state index in [9.17, 15) is 0 Å². The van der Waals surface area contributed by atoms with Gasteiger partial charge in [-0.25, -0.2) is 5.90 Å². The Morgan fingerprint density at radius 3 is 1.47 bits per heavy atom. The first-order valence-electron chi connectivity index (χ1n) is 6.73. The van der Waals surface area contributed by atoms with Gasteiger partial charge in [-0.2, -0.15) is 0 Å². The van der Waals surface area contributed by atoms with Crippen LogP contribution in [0.5, 0.6) is 0 Å². The van der Waals surface area contributed by atoms with Crippen molar-refractivity contribution < 1.29 is 4.84 Å². The normalized spacial score (nSPS) is 10.8. The third kappa shape index (κ3) is 13.9. The van der Waals surface area contributed by atoms with Crippen molar-refractivity contribution in [2.45, 2.75) is 77.6 Å². The number of hydrogen-bond donors (Lipinski definition) is 1. The van der Waals surface area contributed by atoms with Crippen molar-refractivity contribution in [3.05, 3.63) is 0 Å². The Morgan fingerprint density at radius 2 is 1.07 bits per heavy atom. The Labute approximate surface area is 95.5 Å². The molecule has 0 aromatic heterocycles. The molecule has 0 aromatic carbocycles. The van der Waals surface area contributed by atoms with Crippen LogP contribution in [0.25, 0.3) is 0 Å². The number of hydrogen-bond acceptors (Lipinski definition) is 2. The number of rotatable bonds is 12. The Balaban J connectivity index is 2.81. The van der Waals surface area contributed by atoms with E-state index in [0.29, 0.717) is 0 Å². The molecule has 2 heteroatoms. The van der Waals surface area contributed by atoms with E-state index >= 15 is 0 Å². The van der Waals surface area contributed by atoms with Gasteiger partial charge in [0.05, 0.1) is 6.61 Å². The number of unbranched alkanes of at least 4 members (excludes halogenated alkanes) is 10. The second-order valence-electron chi connectivity index (χ2n) is 4.41. The molecule has 0 rings (SSSR count). The first kappa shape index (κ1) is 14.9. The Morgan fingerprint density at radius 1 is 0.667 bits per heavy atom. The van der Waals surface area contributed by atoms with Crippen LogP contribution in [0.2, 0.25) is 0 Å². The van der Waals surface area contributed by atoms with Crippen molar-refractivity contribution in [1.29, 1.82) is 0 Å². The molecule has 0 amide bonds. The van der Waals surface area contributed by atoms with Gasteiger partial charge in [0.2, 0.25) is 0 Å². The molecule has 2 nitrogen and oxygen atoms in total. The number of nitrogens with two attached hydrogens (primary N) is 1. The van der Waals surface area contributed by atoms with E-state index in [-0.39, 0.29) is 0 Å². The summed E-state index contributed by atoms with van der Waals surface area (Å²) in [5.41, 5.74) is 0. The van der Waals surface area contributed by atoms with Gasteiger partial charge in [0, 0.05) is 0 Å². The van der Waals surface area contributed by atoms with E-state index in [0.717, 1.165) is 13.0 Å². The van der Waals surface area contributed by atoms with Crippen LogP contribution in [-0.4, -0.2) is 6.61 Å². The van der Waals surface area contributed by atoms with E-state index in [1.807, 2.05) is 0 Å². The average molecular weight is 215 g/mol. The fourth-order valence-corrected chi connectivity index (χ4v) is 1.85. The molecule has 0 unspecified atom stereocenters. The fourth-order valence-electron chi connectivity index (χ4n) is 1.85. The third-order valence-corrected chi connectivity index (χ3v) is 2.87. The van der Waals surface area contributed by atoms with Gasteiger partial charge >= 0.3 is 0 Å². The van der Waals surface area contributed by atoms with Gasteiger partial charge in [-0.3, -0.25) is 0 Å². The summed E-state index contributed by atoms with van der Waals surface area (Å²) in [7, 11) is 0. The maximum absolute atomic E-state index is 4.95. The van der Waals surface area contributed by atoms with E-state index in [1.54, 1.807) is 0 Å². The molecule has 0 spiro atoms. The van der Waals surface area contributed by atoms with Crippen LogP contribution in [0.4, 0.5) is 0 Å². The molecule has 92 valence electrons. The van der Waals surface area contributed by atoms with Crippen LogP contribution in [0.3, 0.4) is 0 Å². The Bertz CT molecular complexity index is 94.7. The summed E-state index contributed by atoms with van der Waals surface area (Å²) in [4.78, 5) is 4.52. The minimum absolute atomic E-state index is 0.719. The molecule has 0 radical (unpaired) electrons. The zero-order chi connectivity index (χ0) is 11.2. The summed E-state index contributed by atoms with van der Waals surface area (Å²) in [6.45, 7) is 2.99. The molecule has 0 saturated heterocycles. The highest BCUT2D eigenvalue weighted by atomic mass is 16.6. The van der Waals surface area contributed by atoms with E-state index < -0.39 is 0 Å². The molecule has 0 heterocycles. The quantitative estimate of drug-likeness (QED) is 0.391. The first-order valence-corrected chi connectivity index (χ1v) is 6.73. The van der Waals surface area contributed by atoms with Crippen molar-refractivity contribution in [2.24, 2.45) is 5.90 Å². The summed E-state index contributed by atoms with van der Waals surface area (Å²) >= 11 is 0. The summed E-state index contributed by atoms with van der Waals surface area (Å²) < 4.78 is 0. The predicted octanol–water partition coefficient (Wildman–Crippen LogP) is 4.19. The predicted molar refractivity (Wildman–Crippen MR) is 66.6 cm³/mol. The molecule has 0 bridgehead atoms. The highest BCUT2D eigenvalue weighted by Gasteiger charge is 1.92. The molecule has 0 fully saturated rings. The van der Waals surface area contributed by atoms with Crippen molar-refractivity contribution in [2.75, 3.05) is 6.61 Å². The van der Waals surface area contributed by atoms with Gasteiger partial charge in [0.1, 0.15) is 0 Å². The topological polar surface area (TPSA) is 35.2 Å². The molecule has 2 N–H and O–H groups in total. The van der Waals surface area contributed by atoms with Crippen molar-refractivity contribution in [3.63, 3.8) is 0 Å². The first-order chi connectivity index (χ1) is 7.41. The van der Waals surface area contributed by atoms with Gasteiger partial charge in [-0.15, -0.1) is 0 Å². The van der Waals surface area contributed by atoms with Gasteiger partial charge < -0.3 is 4.84 Å². The zero-order valence-electron chi connectivity index (χ0n) is 10.5. The van der Waals surface area contributed by atoms with Crippen LogP contribution in [0, 0.1) is 0 Å². The van der Waals surface area contributed by atoms with Crippen molar-refractivity contribution in [1.82, 2.24) is 0 Å². The van der Waals surface area contributed by atoms with Crippen LogP contribution < -0.4 is 5.90 Å². The van der Waals surface area contributed by atoms with Gasteiger partial charge in [-0.1, -0.05) is 71.1 Å². The summed E-state index contributed by atoms with van der Waals surface area (Å²) in [5.74, 6) is 4.95. The van der Waals surface area contributed by atoms with E-state index in [1.165, 1.54) is 64.2 Å². The molecule has 0 saturated carbocycles. The second-order valence-corrected chi connectivity index (χ2v) is 4.41. The monoisotopic (exact) mass is 215 g/mol. The minimum atomic E-state index is 0.719. The SMILES string of the molecule is CCCCCCCCCCCCCON. The summed E-state index contributed by atoms with van der Waals surface area (Å²) in [5, 5.41) is 0. The van der Waals surface area contributed by atoms with Crippen LogP contribution in [0.1, 0.15) is 77.6 Å². The zero-order valence-corrected chi connectivity index (χ0v) is 10.5. The van der Waals surface area contributed by atoms with Crippen molar-refractivity contribution >= 4 is 0 Å².